The van der Waals surface area contributed by atoms with Crippen molar-refractivity contribution >= 4 is 0 Å². The van der Waals surface area contributed by atoms with E-state index in [2.05, 4.69) is 69.3 Å². The maximum atomic E-state index is 2.37. The van der Waals surface area contributed by atoms with Crippen LogP contribution in [0.1, 0.15) is 39.2 Å². The Morgan fingerprint density at radius 2 is 1.88 bits per heavy atom. The zero-order chi connectivity index (χ0) is 12.5. The molecule has 0 bridgehead atoms. The highest BCUT2D eigenvalue weighted by molar-refractivity contribution is 5.22. The van der Waals surface area contributed by atoms with E-state index < -0.39 is 0 Å². The van der Waals surface area contributed by atoms with Crippen molar-refractivity contribution in [2.45, 2.75) is 40.0 Å². The second-order valence-electron chi connectivity index (χ2n) is 4.78. The highest BCUT2D eigenvalue weighted by atomic mass is 14.0. The molecule has 0 saturated heterocycles. The van der Waals surface area contributed by atoms with Crippen LogP contribution in [0, 0.1) is 5.92 Å². The van der Waals surface area contributed by atoms with E-state index >= 15 is 0 Å². The van der Waals surface area contributed by atoms with Crippen LogP contribution in [0.15, 0.2) is 54.1 Å². The fourth-order valence-electron chi connectivity index (χ4n) is 1.85. The first-order chi connectivity index (χ1) is 8.22. The van der Waals surface area contributed by atoms with Gasteiger partial charge in [-0.05, 0) is 30.7 Å². The highest BCUT2D eigenvalue weighted by Crippen LogP contribution is 2.13. The molecule has 0 heteroatoms. The number of hydrogen-bond donors (Lipinski definition) is 0. The van der Waals surface area contributed by atoms with Crippen molar-refractivity contribution in [1.82, 2.24) is 0 Å². The molecule has 0 amide bonds. The molecule has 0 aliphatic heterocycles. The Morgan fingerprint density at radius 3 is 2.47 bits per heavy atom. The molecule has 1 aromatic rings. The largest absolute Gasteiger partial charge is 0.0845 e. The van der Waals surface area contributed by atoms with Crippen LogP contribution in [-0.4, -0.2) is 0 Å². The van der Waals surface area contributed by atoms with E-state index in [1.54, 1.807) is 0 Å². The standard InChI is InChI=1S/C17H24/c1-4-5-9-17(14-15(2)3)13-12-16-10-7-6-8-11-16/h5-11,14-15H,4,12-13H2,1-3H3/b9-5-,17-14+. The van der Waals surface area contributed by atoms with E-state index in [-0.39, 0.29) is 0 Å². The molecule has 0 aromatic heterocycles. The molecule has 0 N–H and O–H groups in total. The van der Waals surface area contributed by atoms with Crippen molar-refractivity contribution in [3.8, 4) is 0 Å². The molecule has 0 spiro atoms. The molecule has 0 unspecified atom stereocenters. The quantitative estimate of drug-likeness (QED) is 0.589. The molecule has 0 nitrogen and oxygen atoms in total. The summed E-state index contributed by atoms with van der Waals surface area (Å²) in [4.78, 5) is 0. The normalized spacial score (nSPS) is 12.6. The summed E-state index contributed by atoms with van der Waals surface area (Å²) in [5, 5.41) is 0. The first-order valence-corrected chi connectivity index (χ1v) is 6.63. The first kappa shape index (κ1) is 13.8. The third-order valence-electron chi connectivity index (χ3n) is 2.66. The van der Waals surface area contributed by atoms with E-state index in [0.29, 0.717) is 5.92 Å². The summed E-state index contributed by atoms with van der Waals surface area (Å²) in [7, 11) is 0. The molecule has 17 heavy (non-hydrogen) atoms. The molecule has 1 aromatic carbocycles. The third-order valence-corrected chi connectivity index (χ3v) is 2.66. The molecule has 0 fully saturated rings. The van der Waals surface area contributed by atoms with Crippen LogP contribution < -0.4 is 0 Å². The summed E-state index contributed by atoms with van der Waals surface area (Å²) in [6.45, 7) is 6.66. The lowest BCUT2D eigenvalue weighted by atomic mass is 10.0. The first-order valence-electron chi connectivity index (χ1n) is 6.63. The minimum atomic E-state index is 0.627. The van der Waals surface area contributed by atoms with E-state index in [4.69, 9.17) is 0 Å². The molecule has 0 atom stereocenters. The SMILES string of the molecule is CC/C=C\C(=C/C(C)C)CCc1ccccc1. The molecule has 0 radical (unpaired) electrons. The zero-order valence-electron chi connectivity index (χ0n) is 11.3. The van der Waals surface area contributed by atoms with Gasteiger partial charge in [0.05, 0.1) is 0 Å². The van der Waals surface area contributed by atoms with Gasteiger partial charge in [0.25, 0.3) is 0 Å². The van der Waals surface area contributed by atoms with Gasteiger partial charge in [-0.1, -0.05) is 74.9 Å². The van der Waals surface area contributed by atoms with Gasteiger partial charge in [-0.2, -0.15) is 0 Å². The van der Waals surface area contributed by atoms with Crippen molar-refractivity contribution in [3.63, 3.8) is 0 Å². The fourth-order valence-corrected chi connectivity index (χ4v) is 1.85. The third kappa shape index (κ3) is 6.11. The second kappa shape index (κ2) is 7.89. The lowest BCUT2D eigenvalue weighted by molar-refractivity contribution is 0.811. The van der Waals surface area contributed by atoms with Gasteiger partial charge < -0.3 is 0 Å². The molecular weight excluding hydrogens is 204 g/mol. The number of rotatable bonds is 6. The smallest absolute Gasteiger partial charge is 0.0238 e. The van der Waals surface area contributed by atoms with Crippen LogP contribution in [0.25, 0.3) is 0 Å². The van der Waals surface area contributed by atoms with Crippen molar-refractivity contribution in [3.05, 3.63) is 59.7 Å². The lowest BCUT2D eigenvalue weighted by Crippen LogP contribution is -1.90. The van der Waals surface area contributed by atoms with Crippen LogP contribution in [0.3, 0.4) is 0 Å². The van der Waals surface area contributed by atoms with Crippen LogP contribution in [0.2, 0.25) is 0 Å². The number of allylic oxidation sites excluding steroid dienone is 4. The monoisotopic (exact) mass is 228 g/mol. The predicted octanol–water partition coefficient (Wildman–Crippen LogP) is 5.17. The van der Waals surface area contributed by atoms with Crippen LogP contribution in [0.5, 0.6) is 0 Å². The molecule has 1 rings (SSSR count). The maximum Gasteiger partial charge on any atom is -0.0238 e. The summed E-state index contributed by atoms with van der Waals surface area (Å²) in [6, 6.07) is 10.7. The molecule has 0 aliphatic carbocycles. The Hall–Kier alpha value is -1.30. The van der Waals surface area contributed by atoms with Gasteiger partial charge >= 0.3 is 0 Å². The predicted molar refractivity (Wildman–Crippen MR) is 77.1 cm³/mol. The van der Waals surface area contributed by atoms with Gasteiger partial charge in [0.15, 0.2) is 0 Å². The van der Waals surface area contributed by atoms with E-state index in [1.165, 1.54) is 11.1 Å². The summed E-state index contributed by atoms with van der Waals surface area (Å²) in [5.41, 5.74) is 2.89. The Bertz CT molecular complexity index is 355. The van der Waals surface area contributed by atoms with Crippen molar-refractivity contribution in [2.75, 3.05) is 0 Å². The van der Waals surface area contributed by atoms with Crippen LogP contribution in [-0.2, 0) is 6.42 Å². The molecule has 0 aliphatic rings. The zero-order valence-corrected chi connectivity index (χ0v) is 11.3. The summed E-state index contributed by atoms with van der Waals surface area (Å²) in [5.74, 6) is 0.627. The molecule has 0 heterocycles. The number of aryl methyl sites for hydroxylation is 1. The summed E-state index contributed by atoms with van der Waals surface area (Å²) in [6.07, 6.45) is 10.3. The highest BCUT2D eigenvalue weighted by Gasteiger charge is 1.97. The van der Waals surface area contributed by atoms with E-state index in [9.17, 15) is 0 Å². The van der Waals surface area contributed by atoms with Crippen LogP contribution >= 0.6 is 0 Å². The molecule has 0 saturated carbocycles. The average Bonchev–Trinajstić information content (AvgIpc) is 2.33. The Kier molecular flexibility index (Phi) is 6.39. The van der Waals surface area contributed by atoms with E-state index in [1.807, 2.05) is 0 Å². The van der Waals surface area contributed by atoms with Gasteiger partial charge in [0, 0.05) is 0 Å². The van der Waals surface area contributed by atoms with Crippen molar-refractivity contribution in [1.29, 1.82) is 0 Å². The number of benzene rings is 1. The summed E-state index contributed by atoms with van der Waals surface area (Å²) < 4.78 is 0. The minimum Gasteiger partial charge on any atom is -0.0845 e. The minimum absolute atomic E-state index is 0.627. The summed E-state index contributed by atoms with van der Waals surface area (Å²) >= 11 is 0. The van der Waals surface area contributed by atoms with Gasteiger partial charge in [0.2, 0.25) is 0 Å². The fraction of sp³-hybridized carbons (Fsp3) is 0.412. The van der Waals surface area contributed by atoms with Gasteiger partial charge in [-0.3, -0.25) is 0 Å². The van der Waals surface area contributed by atoms with Gasteiger partial charge in [-0.25, -0.2) is 0 Å². The van der Waals surface area contributed by atoms with Gasteiger partial charge in [0.1, 0.15) is 0 Å². The lowest BCUT2D eigenvalue weighted by Gasteiger charge is -2.05. The topological polar surface area (TPSA) is 0 Å². The second-order valence-corrected chi connectivity index (χ2v) is 4.78. The van der Waals surface area contributed by atoms with Gasteiger partial charge in [-0.15, -0.1) is 0 Å². The van der Waals surface area contributed by atoms with Crippen molar-refractivity contribution in [2.24, 2.45) is 5.92 Å². The van der Waals surface area contributed by atoms with E-state index in [0.717, 1.165) is 19.3 Å². The number of hydrogen-bond acceptors (Lipinski definition) is 0. The Labute approximate surface area is 106 Å². The Morgan fingerprint density at radius 1 is 1.18 bits per heavy atom. The Balaban J connectivity index is 2.58. The molecular formula is C17H24. The maximum absolute atomic E-state index is 2.37. The van der Waals surface area contributed by atoms with Crippen molar-refractivity contribution < 1.29 is 0 Å². The van der Waals surface area contributed by atoms with Crippen LogP contribution in [0.4, 0.5) is 0 Å². The molecule has 92 valence electrons. The average molecular weight is 228 g/mol.